The molecule has 0 saturated carbocycles. The first-order valence-corrected chi connectivity index (χ1v) is 8.67. The van der Waals surface area contributed by atoms with E-state index in [2.05, 4.69) is 20.8 Å². The van der Waals surface area contributed by atoms with Gasteiger partial charge in [0.25, 0.3) is 5.89 Å². The number of hydrogen-bond donors (Lipinski definition) is 2. The number of amides is 2. The molecule has 1 saturated heterocycles. The van der Waals surface area contributed by atoms with Crippen molar-refractivity contribution < 1.29 is 14.1 Å². The van der Waals surface area contributed by atoms with Crippen LogP contribution in [0, 0.1) is 13.8 Å². The zero-order valence-electron chi connectivity index (χ0n) is 14.3. The van der Waals surface area contributed by atoms with Crippen molar-refractivity contribution in [3.05, 3.63) is 40.0 Å². The molecule has 3 rings (SSSR count). The van der Waals surface area contributed by atoms with E-state index in [4.69, 9.17) is 20.9 Å². The first-order valence-electron chi connectivity index (χ1n) is 8.29. The van der Waals surface area contributed by atoms with Crippen LogP contribution in [0.5, 0.6) is 0 Å². The zero-order chi connectivity index (χ0) is 17.8. The van der Waals surface area contributed by atoms with E-state index in [1.807, 2.05) is 26.0 Å². The Kier molecular flexibility index (Phi) is 5.55. The molecule has 1 aliphatic rings. The van der Waals surface area contributed by atoms with E-state index < -0.39 is 0 Å². The molecule has 2 aromatic rings. The van der Waals surface area contributed by atoms with Crippen molar-refractivity contribution in [2.24, 2.45) is 0 Å². The largest absolute Gasteiger partial charge is 0.368 e. The van der Waals surface area contributed by atoms with Gasteiger partial charge in [-0.1, -0.05) is 22.8 Å². The highest BCUT2D eigenvalue weighted by Crippen LogP contribution is 2.27. The predicted octanol–water partition coefficient (Wildman–Crippen LogP) is 3.56. The van der Waals surface area contributed by atoms with Gasteiger partial charge in [0.2, 0.25) is 0 Å². The molecule has 1 aromatic heterocycles. The van der Waals surface area contributed by atoms with Crippen LogP contribution in [0.4, 0.5) is 10.5 Å². The number of urea groups is 1. The molecule has 2 amide bonds. The van der Waals surface area contributed by atoms with Crippen molar-refractivity contribution in [3.8, 4) is 0 Å². The third-order valence-electron chi connectivity index (χ3n) is 4.17. The van der Waals surface area contributed by atoms with Gasteiger partial charge >= 0.3 is 6.03 Å². The molecule has 1 aliphatic heterocycles. The van der Waals surface area contributed by atoms with Gasteiger partial charge in [-0.25, -0.2) is 4.79 Å². The highest BCUT2D eigenvalue weighted by atomic mass is 35.5. The summed E-state index contributed by atoms with van der Waals surface area (Å²) in [4.78, 5) is 16.4. The van der Waals surface area contributed by atoms with Crippen LogP contribution in [0.25, 0.3) is 0 Å². The summed E-state index contributed by atoms with van der Waals surface area (Å²) < 4.78 is 10.7. The third-order valence-corrected chi connectivity index (χ3v) is 4.58. The highest BCUT2D eigenvalue weighted by Gasteiger charge is 2.23. The van der Waals surface area contributed by atoms with Gasteiger partial charge < -0.3 is 19.9 Å². The Morgan fingerprint density at radius 3 is 3.00 bits per heavy atom. The average molecular weight is 365 g/mol. The van der Waals surface area contributed by atoms with E-state index >= 15 is 0 Å². The van der Waals surface area contributed by atoms with Crippen molar-refractivity contribution >= 4 is 23.3 Å². The van der Waals surface area contributed by atoms with E-state index in [9.17, 15) is 4.79 Å². The van der Waals surface area contributed by atoms with Gasteiger partial charge in [-0.15, -0.1) is 0 Å². The van der Waals surface area contributed by atoms with Gasteiger partial charge in [0.05, 0.1) is 0 Å². The molecule has 134 valence electrons. The molecule has 0 spiro atoms. The van der Waals surface area contributed by atoms with Crippen LogP contribution in [0.15, 0.2) is 16.7 Å². The number of carbonyl (C=O) groups is 1. The van der Waals surface area contributed by atoms with Crippen molar-refractivity contribution in [2.75, 3.05) is 18.5 Å². The summed E-state index contributed by atoms with van der Waals surface area (Å²) in [6.45, 7) is 4.92. The lowest BCUT2D eigenvalue weighted by atomic mass is 10.1. The Balaban J connectivity index is 1.49. The molecule has 0 aliphatic carbocycles. The summed E-state index contributed by atoms with van der Waals surface area (Å²) >= 11 is 6.10. The van der Waals surface area contributed by atoms with Crippen LogP contribution in [-0.4, -0.2) is 29.3 Å². The van der Waals surface area contributed by atoms with Crippen LogP contribution in [0.2, 0.25) is 5.02 Å². The molecule has 7 nitrogen and oxygen atoms in total. The van der Waals surface area contributed by atoms with Crippen molar-refractivity contribution in [3.63, 3.8) is 0 Å². The normalized spacial score (nSPS) is 16.8. The van der Waals surface area contributed by atoms with Crippen molar-refractivity contribution in [1.29, 1.82) is 0 Å². The van der Waals surface area contributed by atoms with Gasteiger partial charge in [-0.2, -0.15) is 4.98 Å². The second kappa shape index (κ2) is 7.84. The van der Waals surface area contributed by atoms with E-state index in [0.29, 0.717) is 29.7 Å². The molecule has 1 atom stereocenters. The van der Waals surface area contributed by atoms with Gasteiger partial charge in [0, 0.05) is 30.3 Å². The maximum Gasteiger partial charge on any atom is 0.319 e. The number of aromatic nitrogens is 2. The number of ether oxygens (including phenoxy) is 1. The summed E-state index contributed by atoms with van der Waals surface area (Å²) in [6.07, 6.45) is 2.30. The SMILES string of the molecule is Cc1ccc(Cl)c(C)c1NC(=O)NCCc1noc(C2CCCO2)n1. The number of hydrogen-bond acceptors (Lipinski definition) is 5. The van der Waals surface area contributed by atoms with Gasteiger partial charge in [0.15, 0.2) is 5.82 Å². The maximum atomic E-state index is 12.1. The number of nitrogens with zero attached hydrogens (tertiary/aromatic N) is 2. The second-order valence-corrected chi connectivity index (χ2v) is 6.45. The molecule has 2 N–H and O–H groups in total. The van der Waals surface area contributed by atoms with Gasteiger partial charge in [-0.05, 0) is 43.9 Å². The fourth-order valence-corrected chi connectivity index (χ4v) is 2.89. The fourth-order valence-electron chi connectivity index (χ4n) is 2.73. The summed E-state index contributed by atoms with van der Waals surface area (Å²) in [5, 5.41) is 10.2. The Bertz CT molecular complexity index is 756. The third kappa shape index (κ3) is 4.29. The monoisotopic (exact) mass is 364 g/mol. The van der Waals surface area contributed by atoms with Gasteiger partial charge in [-0.3, -0.25) is 0 Å². The molecule has 1 aromatic carbocycles. The standard InChI is InChI=1S/C17H21ClN4O3/c1-10-5-6-12(18)11(2)15(10)21-17(23)19-8-7-14-20-16(25-22-14)13-4-3-9-24-13/h5-6,13H,3-4,7-9H2,1-2H3,(H2,19,21,23). The maximum absolute atomic E-state index is 12.1. The first-order chi connectivity index (χ1) is 12.0. The van der Waals surface area contributed by atoms with Crippen molar-refractivity contribution in [2.45, 2.75) is 39.2 Å². The summed E-state index contributed by atoms with van der Waals surface area (Å²) in [7, 11) is 0. The molecular formula is C17H21ClN4O3. The topological polar surface area (TPSA) is 89.3 Å². The van der Waals surface area contributed by atoms with Crippen LogP contribution in [0.1, 0.15) is 41.8 Å². The lowest BCUT2D eigenvalue weighted by Gasteiger charge is -2.13. The molecule has 2 heterocycles. The molecule has 25 heavy (non-hydrogen) atoms. The average Bonchev–Trinajstić information content (AvgIpc) is 3.26. The minimum Gasteiger partial charge on any atom is -0.368 e. The van der Waals surface area contributed by atoms with E-state index in [1.54, 1.807) is 0 Å². The van der Waals surface area contributed by atoms with Crippen LogP contribution in [-0.2, 0) is 11.2 Å². The second-order valence-electron chi connectivity index (χ2n) is 6.05. The number of aryl methyl sites for hydroxylation is 1. The molecular weight excluding hydrogens is 344 g/mol. The van der Waals surface area contributed by atoms with Crippen LogP contribution >= 0.6 is 11.6 Å². The summed E-state index contributed by atoms with van der Waals surface area (Å²) in [5.41, 5.74) is 2.53. The van der Waals surface area contributed by atoms with Crippen LogP contribution < -0.4 is 10.6 Å². The Hall–Kier alpha value is -2.12. The minimum atomic E-state index is -0.295. The molecule has 8 heteroatoms. The van der Waals surface area contributed by atoms with E-state index in [0.717, 1.165) is 36.3 Å². The number of rotatable bonds is 5. The number of nitrogens with one attached hydrogen (secondary N) is 2. The lowest BCUT2D eigenvalue weighted by Crippen LogP contribution is -2.31. The molecule has 1 fully saturated rings. The smallest absolute Gasteiger partial charge is 0.319 e. The quantitative estimate of drug-likeness (QED) is 0.846. The van der Waals surface area contributed by atoms with E-state index in [-0.39, 0.29) is 12.1 Å². The lowest BCUT2D eigenvalue weighted by molar-refractivity contribution is 0.0835. The predicted molar refractivity (Wildman–Crippen MR) is 93.9 cm³/mol. The van der Waals surface area contributed by atoms with E-state index in [1.165, 1.54) is 0 Å². The number of carbonyl (C=O) groups excluding carboxylic acids is 1. The summed E-state index contributed by atoms with van der Waals surface area (Å²) in [5.74, 6) is 1.07. The minimum absolute atomic E-state index is 0.0914. The Morgan fingerprint density at radius 2 is 2.24 bits per heavy atom. The highest BCUT2D eigenvalue weighted by molar-refractivity contribution is 6.31. The van der Waals surface area contributed by atoms with Crippen molar-refractivity contribution in [1.82, 2.24) is 15.5 Å². The van der Waals surface area contributed by atoms with Gasteiger partial charge in [0.1, 0.15) is 6.10 Å². The number of anilines is 1. The Morgan fingerprint density at radius 1 is 1.40 bits per heavy atom. The van der Waals surface area contributed by atoms with Crippen LogP contribution in [0.3, 0.4) is 0 Å². The number of benzene rings is 1. The summed E-state index contributed by atoms with van der Waals surface area (Å²) in [6, 6.07) is 3.39. The molecule has 1 unspecified atom stereocenters. The zero-order valence-corrected chi connectivity index (χ0v) is 15.0. The molecule has 0 bridgehead atoms. The number of halogens is 1. The fraction of sp³-hybridized carbons (Fsp3) is 0.471. The molecule has 0 radical (unpaired) electrons. The first kappa shape index (κ1) is 17.7. The Labute approximate surface area is 151 Å².